The number of morpholine rings is 1. The van der Waals surface area contributed by atoms with Crippen LogP contribution in [0.15, 0.2) is 28.6 Å². The first-order chi connectivity index (χ1) is 12.9. The molecule has 2 amide bonds. The van der Waals surface area contributed by atoms with Crippen LogP contribution in [0.2, 0.25) is 0 Å². The van der Waals surface area contributed by atoms with E-state index in [2.05, 4.69) is 14.4 Å². The summed E-state index contributed by atoms with van der Waals surface area (Å²) in [4.78, 5) is 26.0. The van der Waals surface area contributed by atoms with E-state index in [0.717, 1.165) is 23.1 Å². The number of amides is 2. The molecule has 1 fully saturated rings. The lowest BCUT2D eigenvalue weighted by molar-refractivity contribution is -0.128. The van der Waals surface area contributed by atoms with Crippen molar-refractivity contribution in [2.45, 2.75) is 19.1 Å². The van der Waals surface area contributed by atoms with Crippen molar-refractivity contribution in [3.8, 4) is 0 Å². The van der Waals surface area contributed by atoms with Crippen molar-refractivity contribution in [2.75, 3.05) is 33.3 Å². The van der Waals surface area contributed by atoms with Gasteiger partial charge in [0.1, 0.15) is 6.04 Å². The van der Waals surface area contributed by atoms with E-state index < -0.39 is 27.7 Å². The van der Waals surface area contributed by atoms with Gasteiger partial charge in [-0.15, -0.1) is 0 Å². The van der Waals surface area contributed by atoms with Gasteiger partial charge < -0.3 is 4.74 Å². The fraction of sp³-hybridized carbons (Fsp3) is 0.500. The van der Waals surface area contributed by atoms with Gasteiger partial charge >= 0.3 is 15.7 Å². The summed E-state index contributed by atoms with van der Waals surface area (Å²) in [6.07, 6.45) is -0.255. The van der Waals surface area contributed by atoms with E-state index in [4.69, 9.17) is 4.74 Å². The van der Waals surface area contributed by atoms with E-state index in [-0.39, 0.29) is 12.6 Å². The number of rotatable bonds is 6. The van der Waals surface area contributed by atoms with Gasteiger partial charge in [0, 0.05) is 25.0 Å². The minimum absolute atomic E-state index is 0.255. The van der Waals surface area contributed by atoms with Gasteiger partial charge in [0.15, 0.2) is 0 Å². The van der Waals surface area contributed by atoms with Crippen LogP contribution in [-0.4, -0.2) is 63.8 Å². The third kappa shape index (κ3) is 6.70. The van der Waals surface area contributed by atoms with E-state index in [1.165, 1.54) is 0 Å². The first-order valence-corrected chi connectivity index (χ1v) is 10.1. The maximum Gasteiger partial charge on any atom is 0.311 e. The number of imide groups is 1. The zero-order chi connectivity index (χ0) is 19.8. The summed E-state index contributed by atoms with van der Waals surface area (Å²) >= 11 is 0.730. The third-order valence-corrected chi connectivity index (χ3v) is 4.91. The third-order valence-electron chi connectivity index (χ3n) is 4.06. The second-order valence-corrected chi connectivity index (χ2v) is 7.57. The van der Waals surface area contributed by atoms with Gasteiger partial charge in [0.2, 0.25) is 5.91 Å². The number of aryl methyl sites for hydroxylation is 1. The lowest BCUT2D eigenvalue weighted by Crippen LogP contribution is -2.53. The number of carbonyl (C=O) groups excluding carboxylic acids is 2. The highest BCUT2D eigenvalue weighted by molar-refractivity contribution is 8.11. The number of hydrogen-bond donors (Lipinski definition) is 2. The maximum atomic E-state index is 12.5. The van der Waals surface area contributed by atoms with Gasteiger partial charge in [-0.3, -0.25) is 24.5 Å². The Morgan fingerprint density at radius 3 is 2.70 bits per heavy atom. The molecule has 2 atom stereocenters. The van der Waals surface area contributed by atoms with E-state index in [1.54, 1.807) is 11.9 Å². The summed E-state index contributed by atoms with van der Waals surface area (Å²) in [6.45, 7) is 2.91. The molecule has 2 unspecified atom stereocenters. The van der Waals surface area contributed by atoms with Gasteiger partial charge in [0.05, 0.1) is 19.3 Å². The first-order valence-electron chi connectivity index (χ1n) is 8.28. The summed E-state index contributed by atoms with van der Waals surface area (Å²) in [5, 5.41) is 1.67. The number of ether oxygens (including phenoxy) is 1. The van der Waals surface area contributed by atoms with Crippen LogP contribution in [0.1, 0.15) is 17.2 Å². The van der Waals surface area contributed by atoms with Gasteiger partial charge in [-0.2, -0.15) is 12.8 Å². The molecule has 0 bridgehead atoms. The molecule has 9 nitrogen and oxygen atoms in total. The molecule has 2 N–H and O–H groups in total. The Morgan fingerprint density at radius 2 is 2.07 bits per heavy atom. The molecule has 1 saturated heterocycles. The van der Waals surface area contributed by atoms with Crippen LogP contribution in [0.25, 0.3) is 0 Å². The van der Waals surface area contributed by atoms with Gasteiger partial charge in [0.25, 0.3) is 0 Å². The monoisotopic (exact) mass is 414 g/mol. The molecule has 0 spiro atoms. The zero-order valence-corrected chi connectivity index (χ0v) is 16.7. The van der Waals surface area contributed by atoms with Gasteiger partial charge in [-0.05, 0) is 19.5 Å². The smallest absolute Gasteiger partial charge is 0.311 e. The molecule has 0 aliphatic carbocycles. The Bertz CT molecular complexity index is 790. The molecule has 1 aliphatic rings. The van der Waals surface area contributed by atoms with Crippen molar-refractivity contribution in [2.24, 2.45) is 4.36 Å². The van der Waals surface area contributed by atoms with Crippen LogP contribution in [-0.2, 0) is 20.0 Å². The highest BCUT2D eigenvalue weighted by Gasteiger charge is 2.32. The topological polar surface area (TPSA) is 117 Å². The standard InChI is InChI=1S/C16H22N4O5S2/c1-11-3-5-12(6-4-11)14-10-20(7-8-25-14)13(9-18-27(23)24)15(21)19-16(22)26-17-2/h3-6,13-14,17H,7-10H2,1-2H3,(H,19,21,22). The zero-order valence-electron chi connectivity index (χ0n) is 15.0. The average Bonchev–Trinajstić information content (AvgIpc) is 2.62. The van der Waals surface area contributed by atoms with Crippen LogP contribution in [0.3, 0.4) is 0 Å². The van der Waals surface area contributed by atoms with Crippen molar-refractivity contribution in [3.05, 3.63) is 35.4 Å². The van der Waals surface area contributed by atoms with E-state index in [0.29, 0.717) is 19.7 Å². The Kier molecular flexibility index (Phi) is 8.38. The SMILES string of the molecule is CNSC(=O)NC(=O)C(CN=S(=O)=O)N1CCOC(c2ccc(C)cc2)C1. The normalized spacial score (nSPS) is 18.5. The number of nitrogens with zero attached hydrogens (tertiary/aromatic N) is 2. The summed E-state index contributed by atoms with van der Waals surface area (Å²) in [5.74, 6) is -0.596. The van der Waals surface area contributed by atoms with E-state index in [1.807, 2.05) is 31.2 Å². The molecule has 27 heavy (non-hydrogen) atoms. The van der Waals surface area contributed by atoms with Crippen LogP contribution in [0.4, 0.5) is 4.79 Å². The van der Waals surface area contributed by atoms with Crippen LogP contribution >= 0.6 is 11.9 Å². The van der Waals surface area contributed by atoms with Crippen LogP contribution in [0.5, 0.6) is 0 Å². The number of carbonyl (C=O) groups is 2. The minimum atomic E-state index is -2.64. The predicted octanol–water partition coefficient (Wildman–Crippen LogP) is 0.903. The molecule has 2 rings (SSSR count). The molecule has 0 saturated carbocycles. The van der Waals surface area contributed by atoms with Crippen molar-refractivity contribution >= 4 is 33.6 Å². The lowest BCUT2D eigenvalue weighted by atomic mass is 10.0. The molecule has 1 aromatic carbocycles. The van der Waals surface area contributed by atoms with Gasteiger partial charge in [-0.25, -0.2) is 0 Å². The van der Waals surface area contributed by atoms with Crippen molar-refractivity contribution in [1.82, 2.24) is 14.9 Å². The van der Waals surface area contributed by atoms with Crippen LogP contribution in [0, 0.1) is 6.92 Å². The molecular weight excluding hydrogens is 392 g/mol. The number of nitrogens with one attached hydrogen (secondary N) is 2. The molecule has 11 heteroatoms. The van der Waals surface area contributed by atoms with Crippen molar-refractivity contribution in [3.63, 3.8) is 0 Å². The Balaban J connectivity index is 2.15. The van der Waals surface area contributed by atoms with Gasteiger partial charge in [-0.1, -0.05) is 29.8 Å². The molecule has 148 valence electrons. The van der Waals surface area contributed by atoms with Crippen molar-refractivity contribution < 1.29 is 22.7 Å². The molecule has 1 heterocycles. The summed E-state index contributed by atoms with van der Waals surface area (Å²) in [6, 6.07) is 6.99. The Morgan fingerprint density at radius 1 is 1.37 bits per heavy atom. The Hall–Kier alpha value is -1.79. The summed E-state index contributed by atoms with van der Waals surface area (Å²) in [7, 11) is -1.08. The minimum Gasteiger partial charge on any atom is -0.371 e. The molecular formula is C16H22N4O5S2. The first kappa shape index (κ1) is 21.5. The summed E-state index contributed by atoms with van der Waals surface area (Å²) < 4.78 is 33.5. The van der Waals surface area contributed by atoms with E-state index >= 15 is 0 Å². The molecule has 0 radical (unpaired) electrons. The highest BCUT2D eigenvalue weighted by Crippen LogP contribution is 2.24. The largest absolute Gasteiger partial charge is 0.371 e. The lowest BCUT2D eigenvalue weighted by Gasteiger charge is -2.36. The number of hydrogen-bond acceptors (Lipinski definition) is 9. The van der Waals surface area contributed by atoms with Crippen LogP contribution < -0.4 is 10.0 Å². The average molecular weight is 415 g/mol. The fourth-order valence-corrected chi connectivity index (χ4v) is 3.33. The fourth-order valence-electron chi connectivity index (χ4n) is 2.73. The Labute approximate surface area is 163 Å². The predicted molar refractivity (Wildman–Crippen MR) is 102 cm³/mol. The van der Waals surface area contributed by atoms with E-state index in [9.17, 15) is 18.0 Å². The molecule has 1 aliphatic heterocycles. The number of benzene rings is 1. The van der Waals surface area contributed by atoms with Crippen molar-refractivity contribution in [1.29, 1.82) is 0 Å². The highest BCUT2D eigenvalue weighted by atomic mass is 32.2. The second kappa shape index (κ2) is 10.5. The maximum absolute atomic E-state index is 12.5. The summed E-state index contributed by atoms with van der Waals surface area (Å²) in [5.41, 5.74) is 2.09. The molecule has 0 aromatic heterocycles. The second-order valence-electron chi connectivity index (χ2n) is 5.89. The molecule has 1 aromatic rings. The quantitative estimate of drug-likeness (QED) is 0.660.